The minimum Gasteiger partial charge on any atom is -0.369 e. The van der Waals surface area contributed by atoms with E-state index in [1.54, 1.807) is 0 Å². The zero-order chi connectivity index (χ0) is 21.6. The number of anilines is 3. The average molecular weight is 405 g/mol. The number of nitrogens with zero attached hydrogens (tertiary/aromatic N) is 1. The zero-order valence-corrected chi connectivity index (χ0v) is 18.2. The first-order valence-electron chi connectivity index (χ1n) is 10.6. The molecule has 0 unspecified atom stereocenters. The highest BCUT2D eigenvalue weighted by atomic mass is 15.1. The Kier molecular flexibility index (Phi) is 6.18. The third-order valence-electron chi connectivity index (χ3n) is 5.30. The summed E-state index contributed by atoms with van der Waals surface area (Å²) in [4.78, 5) is 2.23. The van der Waals surface area contributed by atoms with Gasteiger partial charge in [-0.05, 0) is 47.9 Å². The quantitative estimate of drug-likeness (QED) is 0.316. The van der Waals surface area contributed by atoms with Crippen LogP contribution in [0.3, 0.4) is 0 Å². The standard InChI is InChI=1S/C29H28N2/c1-22(2)21-31(3)29-17-11-10-16-28(29)30-27-19-18-25(23-12-6-4-7-13-23)20-26(27)24-14-8-5-9-15-24/h4-20,30H,1,21H2,2-3H3. The van der Waals surface area contributed by atoms with Crippen LogP contribution in [-0.4, -0.2) is 13.6 Å². The molecule has 2 nitrogen and oxygen atoms in total. The van der Waals surface area contributed by atoms with Crippen LogP contribution < -0.4 is 10.2 Å². The Morgan fingerprint density at radius 3 is 2.00 bits per heavy atom. The molecule has 0 radical (unpaired) electrons. The van der Waals surface area contributed by atoms with E-state index in [4.69, 9.17) is 0 Å². The van der Waals surface area contributed by atoms with Gasteiger partial charge in [-0.25, -0.2) is 0 Å². The van der Waals surface area contributed by atoms with Crippen LogP contribution in [0.2, 0.25) is 0 Å². The number of rotatable bonds is 7. The van der Waals surface area contributed by atoms with Crippen LogP contribution in [0.25, 0.3) is 22.3 Å². The molecule has 1 N–H and O–H groups in total. The Morgan fingerprint density at radius 1 is 0.710 bits per heavy atom. The van der Waals surface area contributed by atoms with Crippen molar-refractivity contribution in [2.24, 2.45) is 0 Å². The summed E-state index contributed by atoms with van der Waals surface area (Å²) < 4.78 is 0. The first-order valence-corrected chi connectivity index (χ1v) is 10.6. The molecule has 4 aromatic carbocycles. The molecule has 4 aromatic rings. The van der Waals surface area contributed by atoms with E-state index in [2.05, 4.69) is 134 Å². The summed E-state index contributed by atoms with van der Waals surface area (Å²) in [6, 6.07) is 36.1. The SMILES string of the molecule is C=C(C)CN(C)c1ccccc1Nc1ccc(-c2ccccc2)cc1-c1ccccc1. The van der Waals surface area contributed by atoms with E-state index in [9.17, 15) is 0 Å². The maximum Gasteiger partial charge on any atom is 0.0622 e. The molecular formula is C29H28N2. The van der Waals surface area contributed by atoms with Crippen LogP contribution >= 0.6 is 0 Å². The normalized spacial score (nSPS) is 10.5. The van der Waals surface area contributed by atoms with Crippen LogP contribution in [0.5, 0.6) is 0 Å². The summed E-state index contributed by atoms with van der Waals surface area (Å²) in [6.07, 6.45) is 0. The van der Waals surface area contributed by atoms with E-state index in [-0.39, 0.29) is 0 Å². The number of nitrogens with one attached hydrogen (secondary N) is 1. The largest absolute Gasteiger partial charge is 0.369 e. The molecule has 0 aromatic heterocycles. The minimum absolute atomic E-state index is 0.817. The van der Waals surface area contributed by atoms with Gasteiger partial charge in [0.05, 0.1) is 11.4 Å². The first kappa shape index (κ1) is 20.5. The summed E-state index contributed by atoms with van der Waals surface area (Å²) in [6.45, 7) is 6.94. The van der Waals surface area contributed by atoms with Gasteiger partial charge in [0, 0.05) is 24.8 Å². The summed E-state index contributed by atoms with van der Waals surface area (Å²) >= 11 is 0. The van der Waals surface area contributed by atoms with Crippen LogP contribution in [0.4, 0.5) is 17.1 Å². The number of hydrogen-bond acceptors (Lipinski definition) is 2. The van der Waals surface area contributed by atoms with Crippen molar-refractivity contribution in [3.05, 3.63) is 115 Å². The van der Waals surface area contributed by atoms with Gasteiger partial charge in [-0.15, -0.1) is 0 Å². The summed E-state index contributed by atoms with van der Waals surface area (Å²) in [5.41, 5.74) is 9.24. The molecule has 0 aliphatic rings. The highest BCUT2D eigenvalue weighted by molar-refractivity contribution is 5.87. The molecule has 31 heavy (non-hydrogen) atoms. The van der Waals surface area contributed by atoms with Crippen LogP contribution in [0.15, 0.2) is 115 Å². The molecule has 0 saturated carbocycles. The molecule has 0 atom stereocenters. The Labute approximate surface area is 185 Å². The fourth-order valence-corrected chi connectivity index (χ4v) is 3.87. The van der Waals surface area contributed by atoms with Gasteiger partial charge in [0.15, 0.2) is 0 Å². The minimum atomic E-state index is 0.817. The van der Waals surface area contributed by atoms with Crippen molar-refractivity contribution in [3.63, 3.8) is 0 Å². The van der Waals surface area contributed by atoms with Crippen molar-refractivity contribution >= 4 is 17.1 Å². The van der Waals surface area contributed by atoms with E-state index in [1.807, 2.05) is 0 Å². The molecular weight excluding hydrogens is 376 g/mol. The average Bonchev–Trinajstić information content (AvgIpc) is 2.80. The molecule has 154 valence electrons. The van der Waals surface area contributed by atoms with Crippen molar-refractivity contribution in [1.82, 2.24) is 0 Å². The summed E-state index contributed by atoms with van der Waals surface area (Å²) in [5.74, 6) is 0. The second-order valence-electron chi connectivity index (χ2n) is 7.95. The highest BCUT2D eigenvalue weighted by Gasteiger charge is 2.12. The topological polar surface area (TPSA) is 15.3 Å². The number of benzene rings is 4. The second-order valence-corrected chi connectivity index (χ2v) is 7.95. The van der Waals surface area contributed by atoms with Crippen molar-refractivity contribution in [3.8, 4) is 22.3 Å². The number of para-hydroxylation sites is 2. The molecule has 0 fully saturated rings. The predicted octanol–water partition coefficient (Wildman–Crippen LogP) is 7.78. The lowest BCUT2D eigenvalue weighted by Gasteiger charge is -2.24. The third kappa shape index (κ3) is 4.87. The van der Waals surface area contributed by atoms with E-state index < -0.39 is 0 Å². The maximum atomic E-state index is 4.06. The van der Waals surface area contributed by atoms with Crippen LogP contribution in [-0.2, 0) is 0 Å². The van der Waals surface area contributed by atoms with Crippen molar-refractivity contribution < 1.29 is 0 Å². The lowest BCUT2D eigenvalue weighted by molar-refractivity contribution is 0.987. The van der Waals surface area contributed by atoms with Gasteiger partial charge in [-0.1, -0.05) is 91.0 Å². The fraction of sp³-hybridized carbons (Fsp3) is 0.103. The lowest BCUT2D eigenvalue weighted by atomic mass is 9.97. The Hall–Kier alpha value is -3.78. The van der Waals surface area contributed by atoms with Gasteiger partial charge in [0.1, 0.15) is 0 Å². The van der Waals surface area contributed by atoms with Gasteiger partial charge in [-0.2, -0.15) is 0 Å². The molecule has 0 aliphatic carbocycles. The highest BCUT2D eigenvalue weighted by Crippen LogP contribution is 2.36. The first-order chi connectivity index (χ1) is 15.1. The van der Waals surface area contributed by atoms with Gasteiger partial charge in [-0.3, -0.25) is 0 Å². The van der Waals surface area contributed by atoms with E-state index in [0.717, 1.165) is 29.2 Å². The Morgan fingerprint density at radius 2 is 1.32 bits per heavy atom. The summed E-state index contributed by atoms with van der Waals surface area (Å²) in [5, 5.41) is 3.70. The monoisotopic (exact) mass is 404 g/mol. The smallest absolute Gasteiger partial charge is 0.0622 e. The lowest BCUT2D eigenvalue weighted by Crippen LogP contribution is -2.20. The fourth-order valence-electron chi connectivity index (χ4n) is 3.87. The van der Waals surface area contributed by atoms with Crippen molar-refractivity contribution in [2.75, 3.05) is 23.8 Å². The van der Waals surface area contributed by atoms with E-state index in [0.29, 0.717) is 0 Å². The predicted molar refractivity (Wildman–Crippen MR) is 135 cm³/mol. The maximum absolute atomic E-state index is 4.06. The zero-order valence-electron chi connectivity index (χ0n) is 18.2. The molecule has 0 bridgehead atoms. The van der Waals surface area contributed by atoms with Crippen LogP contribution in [0, 0.1) is 0 Å². The number of likely N-dealkylation sites (N-methyl/N-ethyl adjacent to an activating group) is 1. The summed E-state index contributed by atoms with van der Waals surface area (Å²) in [7, 11) is 2.10. The van der Waals surface area contributed by atoms with Crippen molar-refractivity contribution in [2.45, 2.75) is 6.92 Å². The molecule has 0 spiro atoms. The number of hydrogen-bond donors (Lipinski definition) is 1. The van der Waals surface area contributed by atoms with Crippen LogP contribution in [0.1, 0.15) is 6.92 Å². The van der Waals surface area contributed by atoms with Gasteiger partial charge >= 0.3 is 0 Å². The molecule has 0 heterocycles. The molecule has 0 saturated heterocycles. The van der Waals surface area contributed by atoms with Gasteiger partial charge in [0.25, 0.3) is 0 Å². The van der Waals surface area contributed by atoms with Crippen molar-refractivity contribution in [1.29, 1.82) is 0 Å². The molecule has 0 amide bonds. The molecule has 2 heteroatoms. The Bertz CT molecular complexity index is 1160. The van der Waals surface area contributed by atoms with Gasteiger partial charge in [0.2, 0.25) is 0 Å². The third-order valence-corrected chi connectivity index (χ3v) is 5.30. The molecule has 4 rings (SSSR count). The Balaban J connectivity index is 1.77. The van der Waals surface area contributed by atoms with E-state index in [1.165, 1.54) is 22.3 Å². The molecule has 0 aliphatic heterocycles. The van der Waals surface area contributed by atoms with Gasteiger partial charge < -0.3 is 10.2 Å². The second kappa shape index (κ2) is 9.36. The van der Waals surface area contributed by atoms with E-state index >= 15 is 0 Å².